The number of aromatic nitrogens is 3. The lowest BCUT2D eigenvalue weighted by atomic mass is 10.1. The quantitative estimate of drug-likeness (QED) is 0.780. The number of nitrogens with one attached hydrogen (secondary N) is 1. The van der Waals surface area contributed by atoms with Gasteiger partial charge < -0.3 is 5.32 Å². The molecule has 0 spiro atoms. The van der Waals surface area contributed by atoms with Crippen molar-refractivity contribution in [2.45, 2.75) is 19.5 Å². The Morgan fingerprint density at radius 1 is 1.14 bits per heavy atom. The smallest absolute Gasteiger partial charge is 0.138 e. The Bertz CT molecular complexity index is 723. The summed E-state index contributed by atoms with van der Waals surface area (Å²) in [7, 11) is 0. The van der Waals surface area contributed by atoms with Gasteiger partial charge in [-0.15, -0.1) is 0 Å². The Hall–Kier alpha value is -2.17. The van der Waals surface area contributed by atoms with Crippen molar-refractivity contribution in [2.24, 2.45) is 0 Å². The molecule has 3 aromatic rings. The fourth-order valence-electron chi connectivity index (χ4n) is 2.28. The van der Waals surface area contributed by atoms with E-state index in [1.165, 1.54) is 11.9 Å². The molecule has 0 aliphatic carbocycles. The maximum Gasteiger partial charge on any atom is 0.138 e. The molecule has 0 fully saturated rings. The molecule has 1 atom stereocenters. The third kappa shape index (κ3) is 3.35. The molecule has 0 radical (unpaired) electrons. The summed E-state index contributed by atoms with van der Waals surface area (Å²) in [5, 5.41) is 8.41. The Labute approximate surface area is 134 Å². The van der Waals surface area contributed by atoms with Crippen LogP contribution >= 0.6 is 11.6 Å². The van der Waals surface area contributed by atoms with Crippen molar-refractivity contribution < 1.29 is 0 Å². The highest BCUT2D eigenvalue weighted by Gasteiger charge is 2.07. The van der Waals surface area contributed by atoms with E-state index in [4.69, 9.17) is 11.6 Å². The van der Waals surface area contributed by atoms with Crippen molar-refractivity contribution >= 4 is 11.6 Å². The van der Waals surface area contributed by atoms with E-state index in [0.717, 1.165) is 22.8 Å². The largest absolute Gasteiger partial charge is 0.306 e. The zero-order valence-electron chi connectivity index (χ0n) is 12.3. The molecule has 3 rings (SSSR count). The van der Waals surface area contributed by atoms with E-state index in [1.54, 1.807) is 11.0 Å². The molecule has 0 bridgehead atoms. The van der Waals surface area contributed by atoms with Crippen LogP contribution in [-0.4, -0.2) is 14.8 Å². The van der Waals surface area contributed by atoms with E-state index in [1.807, 2.05) is 36.4 Å². The minimum absolute atomic E-state index is 0.237. The van der Waals surface area contributed by atoms with Gasteiger partial charge in [0.25, 0.3) is 0 Å². The van der Waals surface area contributed by atoms with Gasteiger partial charge in [-0.2, -0.15) is 5.10 Å². The fraction of sp³-hybridized carbons (Fsp3) is 0.176. The minimum Gasteiger partial charge on any atom is -0.306 e. The standard InChI is InChI=1S/C17H17ClN4/c1-13(20-10-15-4-2-3-5-17(15)18)14-6-8-16(9-7-14)22-12-19-11-21-22/h2-9,11-13,20H,10H2,1H3. The van der Waals surface area contributed by atoms with Crippen LogP contribution in [0.25, 0.3) is 5.69 Å². The Morgan fingerprint density at radius 3 is 2.59 bits per heavy atom. The van der Waals surface area contributed by atoms with Gasteiger partial charge in [0.1, 0.15) is 12.7 Å². The van der Waals surface area contributed by atoms with Crippen LogP contribution in [0.5, 0.6) is 0 Å². The van der Waals surface area contributed by atoms with Crippen LogP contribution < -0.4 is 5.32 Å². The zero-order valence-corrected chi connectivity index (χ0v) is 13.0. The van der Waals surface area contributed by atoms with E-state index >= 15 is 0 Å². The monoisotopic (exact) mass is 312 g/mol. The molecule has 5 heteroatoms. The highest BCUT2D eigenvalue weighted by molar-refractivity contribution is 6.31. The molecule has 1 N–H and O–H groups in total. The number of hydrogen-bond donors (Lipinski definition) is 1. The highest BCUT2D eigenvalue weighted by atomic mass is 35.5. The molecule has 0 aliphatic heterocycles. The van der Waals surface area contributed by atoms with Crippen molar-refractivity contribution in [1.29, 1.82) is 0 Å². The summed E-state index contributed by atoms with van der Waals surface area (Å²) >= 11 is 6.18. The molecule has 22 heavy (non-hydrogen) atoms. The van der Waals surface area contributed by atoms with Crippen LogP contribution in [-0.2, 0) is 6.54 Å². The van der Waals surface area contributed by atoms with E-state index in [9.17, 15) is 0 Å². The molecule has 4 nitrogen and oxygen atoms in total. The minimum atomic E-state index is 0.237. The van der Waals surface area contributed by atoms with Gasteiger partial charge in [0.05, 0.1) is 5.69 Å². The highest BCUT2D eigenvalue weighted by Crippen LogP contribution is 2.18. The summed E-state index contributed by atoms with van der Waals surface area (Å²) < 4.78 is 1.74. The number of benzene rings is 2. The van der Waals surface area contributed by atoms with Crippen LogP contribution in [0.15, 0.2) is 61.2 Å². The van der Waals surface area contributed by atoms with Crippen LogP contribution in [0.2, 0.25) is 5.02 Å². The lowest BCUT2D eigenvalue weighted by molar-refractivity contribution is 0.574. The van der Waals surface area contributed by atoms with Crippen LogP contribution in [0.3, 0.4) is 0 Å². The average molecular weight is 313 g/mol. The topological polar surface area (TPSA) is 42.7 Å². The molecule has 1 heterocycles. The normalized spacial score (nSPS) is 12.3. The average Bonchev–Trinajstić information content (AvgIpc) is 3.08. The third-order valence-electron chi connectivity index (χ3n) is 3.63. The molecule has 1 aromatic heterocycles. The second-order valence-corrected chi connectivity index (χ2v) is 5.53. The van der Waals surface area contributed by atoms with Crippen molar-refractivity contribution in [3.8, 4) is 5.69 Å². The van der Waals surface area contributed by atoms with Gasteiger partial charge >= 0.3 is 0 Å². The first-order valence-corrected chi connectivity index (χ1v) is 7.53. The van der Waals surface area contributed by atoms with Crippen LogP contribution in [0.1, 0.15) is 24.1 Å². The number of nitrogens with zero attached hydrogens (tertiary/aromatic N) is 3. The maximum atomic E-state index is 6.18. The molecular formula is C17H17ClN4. The SMILES string of the molecule is CC(NCc1ccccc1Cl)c1ccc(-n2cncn2)cc1. The fourth-order valence-corrected chi connectivity index (χ4v) is 2.48. The van der Waals surface area contributed by atoms with Crippen molar-refractivity contribution in [1.82, 2.24) is 20.1 Å². The van der Waals surface area contributed by atoms with Crippen LogP contribution in [0.4, 0.5) is 0 Å². The second kappa shape index (κ2) is 6.73. The lowest BCUT2D eigenvalue weighted by Crippen LogP contribution is -2.18. The molecule has 0 saturated heterocycles. The lowest BCUT2D eigenvalue weighted by Gasteiger charge is -2.15. The summed E-state index contributed by atoms with van der Waals surface area (Å²) in [6.07, 6.45) is 3.22. The van der Waals surface area contributed by atoms with Crippen molar-refractivity contribution in [3.63, 3.8) is 0 Å². The molecule has 2 aromatic carbocycles. The second-order valence-electron chi connectivity index (χ2n) is 5.13. The summed E-state index contributed by atoms with van der Waals surface area (Å²) in [6.45, 7) is 2.88. The van der Waals surface area contributed by atoms with Gasteiger partial charge in [-0.05, 0) is 36.2 Å². The first-order chi connectivity index (χ1) is 10.7. The van der Waals surface area contributed by atoms with Crippen LogP contribution in [0, 0.1) is 0 Å². The molecule has 0 amide bonds. The van der Waals surface area contributed by atoms with Gasteiger partial charge in [-0.3, -0.25) is 0 Å². The van der Waals surface area contributed by atoms with Gasteiger partial charge in [-0.1, -0.05) is 41.9 Å². The summed E-state index contributed by atoms with van der Waals surface area (Å²) in [5.74, 6) is 0. The summed E-state index contributed by atoms with van der Waals surface area (Å²) in [5.41, 5.74) is 3.32. The number of halogens is 1. The van der Waals surface area contributed by atoms with E-state index in [2.05, 4.69) is 34.5 Å². The molecule has 0 saturated carbocycles. The summed E-state index contributed by atoms with van der Waals surface area (Å²) in [4.78, 5) is 3.95. The Morgan fingerprint density at radius 2 is 1.91 bits per heavy atom. The first-order valence-electron chi connectivity index (χ1n) is 7.16. The third-order valence-corrected chi connectivity index (χ3v) is 4.00. The predicted octanol–water partition coefficient (Wildman–Crippen LogP) is 3.77. The molecular weight excluding hydrogens is 296 g/mol. The molecule has 0 aliphatic rings. The number of hydrogen-bond acceptors (Lipinski definition) is 3. The predicted molar refractivity (Wildman–Crippen MR) is 88.1 cm³/mol. The van der Waals surface area contributed by atoms with Gasteiger partial charge in [0.2, 0.25) is 0 Å². The zero-order chi connectivity index (χ0) is 15.4. The molecule has 1 unspecified atom stereocenters. The first kappa shape index (κ1) is 14.8. The number of rotatable bonds is 5. The van der Waals surface area contributed by atoms with Gasteiger partial charge in [0.15, 0.2) is 0 Å². The van der Waals surface area contributed by atoms with E-state index in [-0.39, 0.29) is 6.04 Å². The summed E-state index contributed by atoms with van der Waals surface area (Å²) in [6, 6.07) is 16.4. The Balaban J connectivity index is 1.65. The van der Waals surface area contributed by atoms with E-state index in [0.29, 0.717) is 0 Å². The maximum absolute atomic E-state index is 6.18. The van der Waals surface area contributed by atoms with Crippen molar-refractivity contribution in [3.05, 3.63) is 77.3 Å². The Kier molecular flexibility index (Phi) is 4.51. The van der Waals surface area contributed by atoms with Gasteiger partial charge in [-0.25, -0.2) is 9.67 Å². The van der Waals surface area contributed by atoms with E-state index < -0.39 is 0 Å². The van der Waals surface area contributed by atoms with Crippen molar-refractivity contribution in [2.75, 3.05) is 0 Å². The molecule has 112 valence electrons. The van der Waals surface area contributed by atoms with Gasteiger partial charge in [0, 0.05) is 17.6 Å².